The molecule has 1 heteroatoms. The zero-order valence-electron chi connectivity index (χ0n) is 10.3. The lowest BCUT2D eigenvalue weighted by Gasteiger charge is -2.11. The Hall–Kier alpha value is -1.76. The van der Waals surface area contributed by atoms with E-state index in [1.54, 1.807) is 0 Å². The van der Waals surface area contributed by atoms with Crippen molar-refractivity contribution in [2.75, 3.05) is 5.73 Å². The second kappa shape index (κ2) is 5.53. The van der Waals surface area contributed by atoms with Crippen molar-refractivity contribution in [3.63, 3.8) is 0 Å². The molecule has 0 saturated heterocycles. The summed E-state index contributed by atoms with van der Waals surface area (Å²) in [6.07, 6.45) is 2.20. The summed E-state index contributed by atoms with van der Waals surface area (Å²) in [5.41, 5.74) is 9.38. The van der Waals surface area contributed by atoms with E-state index in [4.69, 9.17) is 5.73 Å². The zero-order valence-corrected chi connectivity index (χ0v) is 10.3. The summed E-state index contributed by atoms with van der Waals surface area (Å²) in [6, 6.07) is 18.8. The molecule has 1 nitrogen and oxygen atoms in total. The zero-order chi connectivity index (χ0) is 12.1. The van der Waals surface area contributed by atoms with Crippen LogP contribution in [0.3, 0.4) is 0 Å². The van der Waals surface area contributed by atoms with E-state index >= 15 is 0 Å². The summed E-state index contributed by atoms with van der Waals surface area (Å²) < 4.78 is 0. The molecule has 0 aliphatic rings. The van der Waals surface area contributed by atoms with Gasteiger partial charge in [0.1, 0.15) is 0 Å². The van der Waals surface area contributed by atoms with Crippen molar-refractivity contribution in [2.24, 2.45) is 5.92 Å². The fourth-order valence-corrected chi connectivity index (χ4v) is 2.21. The maximum atomic E-state index is 5.79. The van der Waals surface area contributed by atoms with E-state index in [1.165, 1.54) is 11.1 Å². The van der Waals surface area contributed by atoms with Gasteiger partial charge in [-0.1, -0.05) is 49.4 Å². The van der Waals surface area contributed by atoms with Gasteiger partial charge in [-0.05, 0) is 42.0 Å². The molecule has 2 aromatic carbocycles. The summed E-state index contributed by atoms with van der Waals surface area (Å²) in [6.45, 7) is 2.29. The second-order valence-electron chi connectivity index (χ2n) is 4.74. The first-order valence-corrected chi connectivity index (χ1v) is 6.12. The van der Waals surface area contributed by atoms with E-state index in [-0.39, 0.29) is 0 Å². The van der Waals surface area contributed by atoms with E-state index in [9.17, 15) is 0 Å². The molecule has 0 amide bonds. The first-order chi connectivity index (χ1) is 8.24. The molecule has 0 aromatic heterocycles. The van der Waals surface area contributed by atoms with Gasteiger partial charge in [0.25, 0.3) is 0 Å². The van der Waals surface area contributed by atoms with Crippen LogP contribution < -0.4 is 5.73 Å². The Morgan fingerprint density at radius 1 is 0.882 bits per heavy atom. The van der Waals surface area contributed by atoms with E-state index in [2.05, 4.69) is 49.4 Å². The molecule has 0 fully saturated rings. The number of hydrogen-bond acceptors (Lipinski definition) is 1. The van der Waals surface area contributed by atoms with E-state index in [0.29, 0.717) is 5.92 Å². The van der Waals surface area contributed by atoms with Gasteiger partial charge in [-0.15, -0.1) is 0 Å². The van der Waals surface area contributed by atoms with Gasteiger partial charge in [0.05, 0.1) is 0 Å². The number of rotatable bonds is 4. The molecule has 2 N–H and O–H groups in total. The highest BCUT2D eigenvalue weighted by molar-refractivity contribution is 5.40. The minimum atomic E-state index is 0.638. The summed E-state index contributed by atoms with van der Waals surface area (Å²) in [5, 5.41) is 0. The average molecular weight is 225 g/mol. The van der Waals surface area contributed by atoms with E-state index < -0.39 is 0 Å². The molecule has 0 aliphatic heterocycles. The standard InChI is InChI=1S/C16H19N/c1-13(10-14-6-3-2-4-7-14)11-15-8-5-9-16(17)12-15/h2-9,12-13H,10-11,17H2,1H3. The van der Waals surface area contributed by atoms with Crippen molar-refractivity contribution in [3.05, 3.63) is 65.7 Å². The molecule has 88 valence electrons. The molecule has 0 saturated carbocycles. The number of anilines is 1. The molecule has 1 unspecified atom stereocenters. The molecule has 0 spiro atoms. The van der Waals surface area contributed by atoms with Crippen LogP contribution in [0.15, 0.2) is 54.6 Å². The van der Waals surface area contributed by atoms with Crippen LogP contribution in [-0.4, -0.2) is 0 Å². The van der Waals surface area contributed by atoms with Crippen molar-refractivity contribution >= 4 is 5.69 Å². The normalized spacial score (nSPS) is 12.3. The third-order valence-electron chi connectivity index (χ3n) is 2.96. The maximum Gasteiger partial charge on any atom is 0.0316 e. The molecular weight excluding hydrogens is 206 g/mol. The lowest BCUT2D eigenvalue weighted by atomic mass is 9.94. The van der Waals surface area contributed by atoms with Crippen LogP contribution in [0.2, 0.25) is 0 Å². The highest BCUT2D eigenvalue weighted by Gasteiger charge is 2.05. The molecule has 0 bridgehead atoms. The fraction of sp³-hybridized carbons (Fsp3) is 0.250. The van der Waals surface area contributed by atoms with Crippen LogP contribution in [0.5, 0.6) is 0 Å². The predicted molar refractivity (Wildman–Crippen MR) is 73.9 cm³/mol. The van der Waals surface area contributed by atoms with Crippen LogP contribution in [-0.2, 0) is 12.8 Å². The van der Waals surface area contributed by atoms with Gasteiger partial charge < -0.3 is 5.73 Å². The summed E-state index contributed by atoms with van der Waals surface area (Å²) in [5.74, 6) is 0.638. The highest BCUT2D eigenvalue weighted by atomic mass is 14.5. The van der Waals surface area contributed by atoms with Crippen LogP contribution in [0.25, 0.3) is 0 Å². The minimum absolute atomic E-state index is 0.638. The number of nitrogen functional groups attached to an aromatic ring is 1. The van der Waals surface area contributed by atoms with Gasteiger partial charge in [0.15, 0.2) is 0 Å². The molecule has 17 heavy (non-hydrogen) atoms. The van der Waals surface area contributed by atoms with E-state index in [0.717, 1.165) is 18.5 Å². The molecule has 0 aliphatic carbocycles. The Bertz CT molecular complexity index is 462. The largest absolute Gasteiger partial charge is 0.399 e. The van der Waals surface area contributed by atoms with Gasteiger partial charge >= 0.3 is 0 Å². The number of benzene rings is 2. The molecule has 0 heterocycles. The van der Waals surface area contributed by atoms with E-state index in [1.807, 2.05) is 12.1 Å². The molecule has 1 atom stereocenters. The Balaban J connectivity index is 1.96. The van der Waals surface area contributed by atoms with Gasteiger partial charge in [0, 0.05) is 5.69 Å². The Labute approximate surface area is 103 Å². The Morgan fingerprint density at radius 3 is 2.24 bits per heavy atom. The maximum absolute atomic E-state index is 5.79. The SMILES string of the molecule is CC(Cc1ccccc1)Cc1cccc(N)c1. The molecule has 2 rings (SSSR count). The third-order valence-corrected chi connectivity index (χ3v) is 2.96. The van der Waals surface area contributed by atoms with Crippen molar-refractivity contribution < 1.29 is 0 Å². The lowest BCUT2D eigenvalue weighted by Crippen LogP contribution is -2.04. The number of nitrogens with two attached hydrogens (primary N) is 1. The Kier molecular flexibility index (Phi) is 3.81. The highest BCUT2D eigenvalue weighted by Crippen LogP contribution is 2.15. The summed E-state index contributed by atoms with van der Waals surface area (Å²) in [7, 11) is 0. The third kappa shape index (κ3) is 3.63. The van der Waals surface area contributed by atoms with Gasteiger partial charge in [-0.3, -0.25) is 0 Å². The minimum Gasteiger partial charge on any atom is -0.399 e. The van der Waals surface area contributed by atoms with Crippen LogP contribution in [0.1, 0.15) is 18.1 Å². The van der Waals surface area contributed by atoms with Crippen molar-refractivity contribution in [2.45, 2.75) is 19.8 Å². The number of hydrogen-bond donors (Lipinski definition) is 1. The van der Waals surface area contributed by atoms with Crippen LogP contribution in [0, 0.1) is 5.92 Å². The first kappa shape index (κ1) is 11.7. The van der Waals surface area contributed by atoms with Crippen LogP contribution in [0.4, 0.5) is 5.69 Å². The molecule has 2 aromatic rings. The van der Waals surface area contributed by atoms with Crippen molar-refractivity contribution in [3.8, 4) is 0 Å². The molecule has 0 radical (unpaired) electrons. The molecular formula is C16H19N. The average Bonchev–Trinajstić information content (AvgIpc) is 2.30. The summed E-state index contributed by atoms with van der Waals surface area (Å²) >= 11 is 0. The predicted octanol–water partition coefficient (Wildman–Crippen LogP) is 3.69. The smallest absolute Gasteiger partial charge is 0.0316 e. The Morgan fingerprint density at radius 2 is 1.53 bits per heavy atom. The van der Waals surface area contributed by atoms with Crippen LogP contribution >= 0.6 is 0 Å². The topological polar surface area (TPSA) is 26.0 Å². The summed E-state index contributed by atoms with van der Waals surface area (Å²) in [4.78, 5) is 0. The van der Waals surface area contributed by atoms with Crippen molar-refractivity contribution in [1.82, 2.24) is 0 Å². The monoisotopic (exact) mass is 225 g/mol. The van der Waals surface area contributed by atoms with Gasteiger partial charge in [-0.25, -0.2) is 0 Å². The second-order valence-corrected chi connectivity index (χ2v) is 4.74. The van der Waals surface area contributed by atoms with Gasteiger partial charge in [-0.2, -0.15) is 0 Å². The fourth-order valence-electron chi connectivity index (χ4n) is 2.21. The lowest BCUT2D eigenvalue weighted by molar-refractivity contribution is 0.577. The van der Waals surface area contributed by atoms with Crippen molar-refractivity contribution in [1.29, 1.82) is 0 Å². The first-order valence-electron chi connectivity index (χ1n) is 6.12. The van der Waals surface area contributed by atoms with Gasteiger partial charge in [0.2, 0.25) is 0 Å². The quantitative estimate of drug-likeness (QED) is 0.789.